The Kier molecular flexibility index (Phi) is 5.34. The lowest BCUT2D eigenvalue weighted by Crippen LogP contribution is -2.15. The monoisotopic (exact) mass is 393 g/mol. The number of hydrogen-bond donors (Lipinski definition) is 1. The van der Waals surface area contributed by atoms with Gasteiger partial charge in [0.15, 0.2) is 18.3 Å². The zero-order chi connectivity index (χ0) is 20.4. The first-order valence-corrected chi connectivity index (χ1v) is 8.14. The molecule has 1 aromatic heterocycles. The average molecular weight is 393 g/mol. The molecule has 0 aliphatic carbocycles. The van der Waals surface area contributed by atoms with Crippen LogP contribution in [0, 0.1) is 37.1 Å². The van der Waals surface area contributed by atoms with E-state index in [1.807, 2.05) is 0 Å². The molecule has 3 rings (SSSR count). The molecule has 0 unspecified atom stereocenters. The van der Waals surface area contributed by atoms with Gasteiger partial charge in [-0.1, -0.05) is 0 Å². The Labute approximate surface area is 157 Å². The summed E-state index contributed by atoms with van der Waals surface area (Å²) in [5.41, 5.74) is 0.877. The number of benzene rings is 2. The number of carbonyl (C=O) groups is 1. The molecule has 0 aliphatic rings. The molecule has 5 nitrogen and oxygen atoms in total. The van der Waals surface area contributed by atoms with Crippen molar-refractivity contribution in [1.29, 1.82) is 0 Å². The lowest BCUT2D eigenvalue weighted by Gasteiger charge is -2.10. The third-order valence-electron chi connectivity index (χ3n) is 4.03. The molecule has 28 heavy (non-hydrogen) atoms. The van der Waals surface area contributed by atoms with E-state index in [4.69, 9.17) is 4.74 Å². The van der Waals surface area contributed by atoms with Gasteiger partial charge in [0.1, 0.15) is 17.5 Å². The molecular weight excluding hydrogens is 378 g/mol. The van der Waals surface area contributed by atoms with Gasteiger partial charge in [0.05, 0.1) is 22.6 Å². The summed E-state index contributed by atoms with van der Waals surface area (Å²) in [4.78, 5) is 12.3. The molecule has 0 bridgehead atoms. The fourth-order valence-corrected chi connectivity index (χ4v) is 2.58. The highest BCUT2D eigenvalue weighted by Gasteiger charge is 2.18. The summed E-state index contributed by atoms with van der Waals surface area (Å²) in [6.07, 6.45) is 0. The predicted octanol–water partition coefficient (Wildman–Crippen LogP) is 4.35. The van der Waals surface area contributed by atoms with Crippen molar-refractivity contribution in [2.24, 2.45) is 0 Å². The highest BCUT2D eigenvalue weighted by molar-refractivity contribution is 6.05. The molecule has 2 aromatic carbocycles. The van der Waals surface area contributed by atoms with E-state index in [9.17, 15) is 22.4 Å². The lowest BCUT2D eigenvalue weighted by atomic mass is 10.2. The molecule has 9 heteroatoms. The van der Waals surface area contributed by atoms with E-state index in [0.29, 0.717) is 29.2 Å². The number of carbonyl (C=O) groups excluding carboxylic acids is 1. The molecule has 0 aliphatic heterocycles. The number of nitrogens with zero attached hydrogens (tertiary/aromatic N) is 2. The number of aryl methyl sites for hydroxylation is 1. The van der Waals surface area contributed by atoms with Gasteiger partial charge in [-0.3, -0.25) is 4.79 Å². The summed E-state index contributed by atoms with van der Waals surface area (Å²) in [6, 6.07) is 5.53. The Bertz CT molecular complexity index is 1050. The molecule has 146 valence electrons. The molecular formula is C19H15F4N3O2. The van der Waals surface area contributed by atoms with Gasteiger partial charge in [0.25, 0.3) is 5.91 Å². The molecule has 1 amide bonds. The van der Waals surface area contributed by atoms with Gasteiger partial charge in [0.2, 0.25) is 0 Å². The Morgan fingerprint density at radius 1 is 1.04 bits per heavy atom. The predicted molar refractivity (Wildman–Crippen MR) is 93.0 cm³/mol. The third kappa shape index (κ3) is 3.98. The van der Waals surface area contributed by atoms with Crippen LogP contribution in [0.25, 0.3) is 0 Å². The standard InChI is InChI=1S/C19H15F4N3O2/c1-10-18(24-19(27)14-5-3-12(20)7-15(14)22)11(2)26(25-10)9-28-17-6-4-13(21)8-16(17)23/h3-8H,9H2,1-2H3,(H,24,27). The Hall–Kier alpha value is -3.36. The van der Waals surface area contributed by atoms with E-state index < -0.39 is 29.2 Å². The number of hydrogen-bond acceptors (Lipinski definition) is 3. The number of aromatic nitrogens is 2. The maximum atomic E-state index is 13.8. The van der Waals surface area contributed by atoms with Crippen LogP contribution in [0.15, 0.2) is 36.4 Å². The summed E-state index contributed by atoms with van der Waals surface area (Å²) >= 11 is 0. The largest absolute Gasteiger partial charge is 0.468 e. The molecule has 0 spiro atoms. The van der Waals surface area contributed by atoms with Crippen LogP contribution in [-0.2, 0) is 6.73 Å². The van der Waals surface area contributed by atoms with Gasteiger partial charge < -0.3 is 10.1 Å². The summed E-state index contributed by atoms with van der Waals surface area (Å²) in [7, 11) is 0. The molecule has 0 saturated carbocycles. The molecule has 0 radical (unpaired) electrons. The normalized spacial score (nSPS) is 10.8. The molecule has 0 atom stereocenters. The SMILES string of the molecule is Cc1nn(COc2ccc(F)cc2F)c(C)c1NC(=O)c1ccc(F)cc1F. The van der Waals surface area contributed by atoms with Crippen LogP contribution in [0.3, 0.4) is 0 Å². The van der Waals surface area contributed by atoms with Crippen molar-refractivity contribution in [2.45, 2.75) is 20.6 Å². The highest BCUT2D eigenvalue weighted by atomic mass is 19.1. The summed E-state index contributed by atoms with van der Waals surface area (Å²) < 4.78 is 60.0. The van der Waals surface area contributed by atoms with Crippen molar-refractivity contribution in [3.8, 4) is 5.75 Å². The summed E-state index contributed by atoms with van der Waals surface area (Å²) in [6.45, 7) is 3.04. The first kappa shape index (κ1) is 19.4. The minimum atomic E-state index is -0.990. The van der Waals surface area contributed by atoms with Crippen molar-refractivity contribution in [3.63, 3.8) is 0 Å². The fourth-order valence-electron chi connectivity index (χ4n) is 2.58. The minimum Gasteiger partial charge on any atom is -0.468 e. The third-order valence-corrected chi connectivity index (χ3v) is 4.03. The van der Waals surface area contributed by atoms with Crippen LogP contribution >= 0.6 is 0 Å². The van der Waals surface area contributed by atoms with Crippen LogP contribution < -0.4 is 10.1 Å². The van der Waals surface area contributed by atoms with Crippen LogP contribution in [0.2, 0.25) is 0 Å². The number of ether oxygens (including phenoxy) is 1. The summed E-state index contributed by atoms with van der Waals surface area (Å²) in [5, 5.41) is 6.71. The number of rotatable bonds is 5. The number of amides is 1. The van der Waals surface area contributed by atoms with E-state index in [1.165, 1.54) is 4.68 Å². The fraction of sp³-hybridized carbons (Fsp3) is 0.158. The topological polar surface area (TPSA) is 56.1 Å². The van der Waals surface area contributed by atoms with Crippen LogP contribution in [0.1, 0.15) is 21.7 Å². The average Bonchev–Trinajstić information content (AvgIpc) is 2.88. The van der Waals surface area contributed by atoms with Crippen LogP contribution in [0.5, 0.6) is 5.75 Å². The smallest absolute Gasteiger partial charge is 0.258 e. The lowest BCUT2D eigenvalue weighted by molar-refractivity contribution is 0.102. The van der Waals surface area contributed by atoms with Gasteiger partial charge in [-0.25, -0.2) is 22.2 Å². The van der Waals surface area contributed by atoms with Crippen molar-refractivity contribution < 1.29 is 27.1 Å². The van der Waals surface area contributed by atoms with E-state index in [2.05, 4.69) is 10.4 Å². The summed E-state index contributed by atoms with van der Waals surface area (Å²) in [5.74, 6) is -4.30. The van der Waals surface area contributed by atoms with Gasteiger partial charge in [-0.15, -0.1) is 0 Å². The second-order valence-electron chi connectivity index (χ2n) is 5.97. The number of nitrogens with one attached hydrogen (secondary N) is 1. The first-order chi connectivity index (χ1) is 13.3. The Balaban J connectivity index is 1.77. The van der Waals surface area contributed by atoms with Crippen molar-refractivity contribution >= 4 is 11.6 Å². The molecule has 0 fully saturated rings. The molecule has 1 heterocycles. The Morgan fingerprint density at radius 2 is 1.68 bits per heavy atom. The zero-order valence-electron chi connectivity index (χ0n) is 14.9. The second-order valence-corrected chi connectivity index (χ2v) is 5.97. The highest BCUT2D eigenvalue weighted by Crippen LogP contribution is 2.23. The number of halogens is 4. The van der Waals surface area contributed by atoms with E-state index in [1.54, 1.807) is 13.8 Å². The maximum Gasteiger partial charge on any atom is 0.258 e. The van der Waals surface area contributed by atoms with E-state index >= 15 is 0 Å². The molecule has 1 N–H and O–H groups in total. The maximum absolute atomic E-state index is 13.8. The van der Waals surface area contributed by atoms with Crippen molar-refractivity contribution in [3.05, 3.63) is 76.6 Å². The van der Waals surface area contributed by atoms with E-state index in [-0.39, 0.29) is 18.0 Å². The van der Waals surface area contributed by atoms with Crippen LogP contribution in [0.4, 0.5) is 23.2 Å². The van der Waals surface area contributed by atoms with E-state index in [0.717, 1.165) is 24.3 Å². The van der Waals surface area contributed by atoms with Gasteiger partial charge in [-0.2, -0.15) is 5.10 Å². The first-order valence-electron chi connectivity index (χ1n) is 8.14. The van der Waals surface area contributed by atoms with Crippen molar-refractivity contribution in [1.82, 2.24) is 9.78 Å². The number of anilines is 1. The van der Waals surface area contributed by atoms with Gasteiger partial charge in [0, 0.05) is 12.1 Å². The minimum absolute atomic E-state index is 0.159. The van der Waals surface area contributed by atoms with Crippen LogP contribution in [-0.4, -0.2) is 15.7 Å². The zero-order valence-corrected chi connectivity index (χ0v) is 14.9. The Morgan fingerprint density at radius 3 is 2.32 bits per heavy atom. The van der Waals surface area contributed by atoms with Gasteiger partial charge in [-0.05, 0) is 38.1 Å². The molecule has 3 aromatic rings. The van der Waals surface area contributed by atoms with Crippen molar-refractivity contribution in [2.75, 3.05) is 5.32 Å². The molecule has 0 saturated heterocycles. The second kappa shape index (κ2) is 7.71. The quantitative estimate of drug-likeness (QED) is 0.656. The van der Waals surface area contributed by atoms with Gasteiger partial charge >= 0.3 is 0 Å².